The highest BCUT2D eigenvalue weighted by atomic mass is 16.7. The Morgan fingerprint density at radius 3 is 1.42 bits per heavy atom. The first-order valence-electron chi connectivity index (χ1n) is 12.1. The van der Waals surface area contributed by atoms with Crippen LogP contribution in [0.1, 0.15) is 31.1 Å². The molecule has 1 fully saturated rings. The number of ether oxygens (including phenoxy) is 4. The third-order valence-corrected chi connectivity index (χ3v) is 6.08. The fourth-order valence-electron chi connectivity index (χ4n) is 3.85. The van der Waals surface area contributed by atoms with Crippen molar-refractivity contribution in [2.45, 2.75) is 24.6 Å². The summed E-state index contributed by atoms with van der Waals surface area (Å²) in [4.78, 5) is 68.5. The maximum atomic E-state index is 12.8. The first kappa shape index (κ1) is 30.2. The standard InChI is InChI=1S/C26H19N3O14/c30-21-22(42-24(32)15-3-9-18(10-4-15)28(36)37)20(13-40-23(31)14-1-7-17(8-2-14)27(34)35)41-26(21)43-25(33)16-5-11-19(12-6-16)29(38)39/h1-12,20-22,26,30H,13H2/t20-,21+,22-,26+/m1/s1. The molecule has 17 heteroatoms. The van der Waals surface area contributed by atoms with E-state index in [2.05, 4.69) is 0 Å². The molecular formula is C26H19N3O14. The molecule has 4 atom stereocenters. The van der Waals surface area contributed by atoms with Gasteiger partial charge in [-0.1, -0.05) is 0 Å². The van der Waals surface area contributed by atoms with E-state index in [-0.39, 0.29) is 33.8 Å². The molecule has 17 nitrogen and oxygen atoms in total. The number of aliphatic hydroxyl groups is 1. The lowest BCUT2D eigenvalue weighted by molar-refractivity contribution is -0.385. The minimum Gasteiger partial charge on any atom is -0.459 e. The van der Waals surface area contributed by atoms with Crippen LogP contribution >= 0.6 is 0 Å². The lowest BCUT2D eigenvalue weighted by Gasteiger charge is -2.20. The van der Waals surface area contributed by atoms with E-state index < -0.39 is 63.9 Å². The minimum atomic E-state index is -1.81. The summed E-state index contributed by atoms with van der Waals surface area (Å²) in [5.74, 6) is -3.04. The predicted octanol–water partition coefficient (Wildman–Crippen LogP) is 2.74. The zero-order valence-corrected chi connectivity index (χ0v) is 21.5. The fourth-order valence-corrected chi connectivity index (χ4v) is 3.85. The predicted molar refractivity (Wildman–Crippen MR) is 139 cm³/mol. The topological polar surface area (TPSA) is 238 Å². The quantitative estimate of drug-likeness (QED) is 0.153. The summed E-state index contributed by atoms with van der Waals surface area (Å²) in [5.41, 5.74) is -1.18. The van der Waals surface area contributed by atoms with E-state index >= 15 is 0 Å². The van der Waals surface area contributed by atoms with Gasteiger partial charge in [-0.05, 0) is 36.4 Å². The smallest absolute Gasteiger partial charge is 0.340 e. The van der Waals surface area contributed by atoms with Crippen molar-refractivity contribution in [3.8, 4) is 0 Å². The maximum Gasteiger partial charge on any atom is 0.340 e. The summed E-state index contributed by atoms with van der Waals surface area (Å²) < 4.78 is 21.2. The molecular weight excluding hydrogens is 578 g/mol. The Labute approximate surface area is 239 Å². The van der Waals surface area contributed by atoms with Crippen LogP contribution in [-0.2, 0) is 18.9 Å². The van der Waals surface area contributed by atoms with Crippen LogP contribution in [0.3, 0.4) is 0 Å². The van der Waals surface area contributed by atoms with Crippen LogP contribution in [-0.4, -0.2) is 69.0 Å². The number of rotatable bonds is 10. The summed E-state index contributed by atoms with van der Waals surface area (Å²) in [6.45, 7) is -0.642. The number of nitro benzene ring substituents is 3. The molecule has 43 heavy (non-hydrogen) atoms. The van der Waals surface area contributed by atoms with Gasteiger partial charge in [0.1, 0.15) is 12.7 Å². The first-order chi connectivity index (χ1) is 20.4. The molecule has 0 aromatic heterocycles. The van der Waals surface area contributed by atoms with Crippen LogP contribution < -0.4 is 0 Å². The summed E-state index contributed by atoms with van der Waals surface area (Å²) >= 11 is 0. The summed E-state index contributed by atoms with van der Waals surface area (Å²) in [5, 5.41) is 43.4. The van der Waals surface area contributed by atoms with Gasteiger partial charge in [0.15, 0.2) is 12.2 Å². The third-order valence-electron chi connectivity index (χ3n) is 6.08. The SMILES string of the molecule is O=C(OC[C@H]1O[C@@H](OC(=O)c2ccc([N+](=O)[O-])cc2)[C@@H](O)[C@@H]1OC(=O)c1ccc([N+](=O)[O-])cc1)c1ccc([N+](=O)[O-])cc1. The van der Waals surface area contributed by atoms with Crippen molar-refractivity contribution in [3.05, 3.63) is 120 Å². The molecule has 0 radical (unpaired) electrons. The van der Waals surface area contributed by atoms with Crippen LogP contribution in [0, 0.1) is 30.3 Å². The van der Waals surface area contributed by atoms with Crippen molar-refractivity contribution < 1.29 is 53.2 Å². The molecule has 1 heterocycles. The molecule has 0 amide bonds. The molecule has 3 aromatic carbocycles. The number of hydrogen-bond acceptors (Lipinski definition) is 14. The largest absolute Gasteiger partial charge is 0.459 e. The fraction of sp³-hybridized carbons (Fsp3) is 0.192. The average Bonchev–Trinajstić information content (AvgIpc) is 3.28. The lowest BCUT2D eigenvalue weighted by atomic mass is 10.1. The van der Waals surface area contributed by atoms with E-state index in [1.165, 1.54) is 0 Å². The van der Waals surface area contributed by atoms with Gasteiger partial charge >= 0.3 is 17.9 Å². The monoisotopic (exact) mass is 597 g/mol. The number of esters is 3. The van der Waals surface area contributed by atoms with Crippen LogP contribution in [0.25, 0.3) is 0 Å². The van der Waals surface area contributed by atoms with Crippen molar-refractivity contribution in [2.24, 2.45) is 0 Å². The Kier molecular flexibility index (Phi) is 8.97. The Morgan fingerprint density at radius 1 is 0.651 bits per heavy atom. The second-order valence-corrected chi connectivity index (χ2v) is 8.82. The van der Waals surface area contributed by atoms with Gasteiger partial charge < -0.3 is 24.1 Å². The summed E-state index contributed by atoms with van der Waals surface area (Å²) in [6, 6.07) is 13.1. The van der Waals surface area contributed by atoms with Crippen molar-refractivity contribution in [1.82, 2.24) is 0 Å². The van der Waals surface area contributed by atoms with Gasteiger partial charge in [-0.25, -0.2) is 14.4 Å². The van der Waals surface area contributed by atoms with Gasteiger partial charge in [-0.15, -0.1) is 0 Å². The zero-order chi connectivity index (χ0) is 31.3. The van der Waals surface area contributed by atoms with Crippen molar-refractivity contribution in [1.29, 1.82) is 0 Å². The molecule has 0 bridgehead atoms. The molecule has 1 N–H and O–H groups in total. The Balaban J connectivity index is 1.49. The van der Waals surface area contributed by atoms with Crippen molar-refractivity contribution >= 4 is 35.0 Å². The summed E-state index contributed by atoms with van der Waals surface area (Å²) in [7, 11) is 0. The van der Waals surface area contributed by atoms with Crippen LogP contribution in [0.5, 0.6) is 0 Å². The highest BCUT2D eigenvalue weighted by Crippen LogP contribution is 2.28. The molecule has 1 aliphatic rings. The highest BCUT2D eigenvalue weighted by molar-refractivity contribution is 5.91. The van der Waals surface area contributed by atoms with Crippen LogP contribution in [0.2, 0.25) is 0 Å². The van der Waals surface area contributed by atoms with E-state index in [4.69, 9.17) is 18.9 Å². The van der Waals surface area contributed by atoms with Gasteiger partial charge in [0.05, 0.1) is 31.5 Å². The number of benzene rings is 3. The number of non-ortho nitro benzene ring substituents is 3. The molecule has 0 aliphatic carbocycles. The van der Waals surface area contributed by atoms with E-state index in [1.54, 1.807) is 0 Å². The van der Waals surface area contributed by atoms with E-state index in [9.17, 15) is 49.8 Å². The molecule has 222 valence electrons. The molecule has 0 unspecified atom stereocenters. The van der Waals surface area contributed by atoms with Crippen molar-refractivity contribution in [3.63, 3.8) is 0 Å². The number of aliphatic hydroxyl groups excluding tert-OH is 1. The van der Waals surface area contributed by atoms with Gasteiger partial charge in [0.25, 0.3) is 17.1 Å². The summed E-state index contributed by atoms with van der Waals surface area (Å²) in [6.07, 6.45) is -6.54. The molecule has 1 saturated heterocycles. The lowest BCUT2D eigenvalue weighted by Crippen LogP contribution is -2.40. The molecule has 1 aliphatic heterocycles. The van der Waals surface area contributed by atoms with E-state index in [1.807, 2.05) is 0 Å². The second-order valence-electron chi connectivity index (χ2n) is 8.82. The van der Waals surface area contributed by atoms with Crippen LogP contribution in [0.15, 0.2) is 72.8 Å². The molecule has 4 rings (SSSR count). The molecule has 0 spiro atoms. The third kappa shape index (κ3) is 7.10. The number of hydrogen-bond donors (Lipinski definition) is 1. The number of nitrogens with zero attached hydrogens (tertiary/aromatic N) is 3. The normalized spacial score (nSPS) is 19.2. The molecule has 3 aromatic rings. The Bertz CT molecular complexity index is 1560. The average molecular weight is 597 g/mol. The number of nitro groups is 3. The first-order valence-corrected chi connectivity index (χ1v) is 12.1. The zero-order valence-electron chi connectivity index (χ0n) is 21.5. The molecule has 0 saturated carbocycles. The maximum absolute atomic E-state index is 12.8. The number of carbonyl (C=O) groups excluding carboxylic acids is 3. The van der Waals surface area contributed by atoms with Gasteiger partial charge in [0.2, 0.25) is 6.29 Å². The Hall–Kier alpha value is -5.81. The minimum absolute atomic E-state index is 0.0651. The number of carbonyl (C=O) groups is 3. The van der Waals surface area contributed by atoms with Crippen LogP contribution in [0.4, 0.5) is 17.1 Å². The van der Waals surface area contributed by atoms with E-state index in [0.717, 1.165) is 72.8 Å². The van der Waals surface area contributed by atoms with Gasteiger partial charge in [0, 0.05) is 36.4 Å². The second kappa shape index (κ2) is 12.8. The van der Waals surface area contributed by atoms with Gasteiger partial charge in [-0.2, -0.15) is 0 Å². The van der Waals surface area contributed by atoms with Gasteiger partial charge in [-0.3, -0.25) is 30.3 Å². The van der Waals surface area contributed by atoms with E-state index in [0.29, 0.717) is 0 Å². The Morgan fingerprint density at radius 2 is 1.02 bits per heavy atom. The van der Waals surface area contributed by atoms with Crippen molar-refractivity contribution in [2.75, 3.05) is 6.61 Å². The highest BCUT2D eigenvalue weighted by Gasteiger charge is 2.49.